The van der Waals surface area contributed by atoms with Crippen LogP contribution >= 0.6 is 15.9 Å². The van der Waals surface area contributed by atoms with Crippen molar-refractivity contribution in [3.05, 3.63) is 136 Å². The number of hydrogen-bond acceptors (Lipinski definition) is 5. The highest BCUT2D eigenvalue weighted by Gasteiger charge is 2.60. The fraction of sp³-hybridized carbons (Fsp3) is 0.182. The summed E-state index contributed by atoms with van der Waals surface area (Å²) in [5, 5.41) is 0. The number of piperidine rings is 1. The van der Waals surface area contributed by atoms with Crippen LogP contribution in [0.5, 0.6) is 0 Å². The van der Waals surface area contributed by atoms with Gasteiger partial charge in [-0.25, -0.2) is 0 Å². The van der Waals surface area contributed by atoms with E-state index in [0.717, 1.165) is 15.6 Å². The number of carbonyl (C=O) groups excluding carboxylic acids is 3. The highest BCUT2D eigenvalue weighted by Crippen LogP contribution is 2.47. The minimum Gasteiger partial charge on any atom is -0.460 e. The molecule has 0 bridgehead atoms. The predicted molar refractivity (Wildman–Crippen MR) is 155 cm³/mol. The minimum atomic E-state index is -1.80. The molecular formula is C33H28BrNO5. The molecule has 202 valence electrons. The van der Waals surface area contributed by atoms with E-state index in [2.05, 4.69) is 15.9 Å². The summed E-state index contributed by atoms with van der Waals surface area (Å²) in [6.07, 6.45) is -0.0685. The first-order valence-electron chi connectivity index (χ1n) is 13.0. The highest BCUT2D eigenvalue weighted by atomic mass is 79.9. The van der Waals surface area contributed by atoms with Crippen molar-refractivity contribution in [3.63, 3.8) is 0 Å². The maximum absolute atomic E-state index is 14.2. The third-order valence-electron chi connectivity index (χ3n) is 7.18. The van der Waals surface area contributed by atoms with Gasteiger partial charge in [-0.3, -0.25) is 14.4 Å². The molecule has 1 heterocycles. The van der Waals surface area contributed by atoms with Crippen LogP contribution in [-0.2, 0) is 37.1 Å². The number of anilines is 1. The van der Waals surface area contributed by atoms with E-state index < -0.39 is 23.3 Å². The van der Waals surface area contributed by atoms with Crippen LogP contribution in [0.2, 0.25) is 0 Å². The zero-order valence-electron chi connectivity index (χ0n) is 21.7. The van der Waals surface area contributed by atoms with Crippen LogP contribution in [0.1, 0.15) is 29.0 Å². The van der Waals surface area contributed by atoms with Gasteiger partial charge in [0.1, 0.15) is 13.2 Å². The lowest BCUT2D eigenvalue weighted by atomic mass is 9.67. The van der Waals surface area contributed by atoms with Gasteiger partial charge in [-0.1, -0.05) is 107 Å². The van der Waals surface area contributed by atoms with Crippen LogP contribution in [0.25, 0.3) is 0 Å². The molecule has 6 nitrogen and oxygen atoms in total. The molecule has 1 amide bonds. The van der Waals surface area contributed by atoms with Crippen molar-refractivity contribution in [3.8, 4) is 0 Å². The summed E-state index contributed by atoms with van der Waals surface area (Å²) in [6.45, 7) is -0.240. The molecule has 1 aliphatic heterocycles. The number of carbonyl (C=O) groups is 3. The lowest BCUT2D eigenvalue weighted by molar-refractivity contribution is -0.177. The summed E-state index contributed by atoms with van der Waals surface area (Å²) >= 11 is 3.43. The van der Waals surface area contributed by atoms with E-state index in [9.17, 15) is 14.4 Å². The van der Waals surface area contributed by atoms with Crippen molar-refractivity contribution in [1.82, 2.24) is 0 Å². The fourth-order valence-corrected chi connectivity index (χ4v) is 5.32. The third-order valence-corrected chi connectivity index (χ3v) is 7.71. The lowest BCUT2D eigenvalue weighted by Gasteiger charge is -2.44. The van der Waals surface area contributed by atoms with Gasteiger partial charge in [0.25, 0.3) is 0 Å². The Morgan fingerprint density at radius 2 is 1.20 bits per heavy atom. The Morgan fingerprint density at radius 3 is 1.70 bits per heavy atom. The summed E-state index contributed by atoms with van der Waals surface area (Å²) in [5.41, 5.74) is 1.05. The summed E-state index contributed by atoms with van der Waals surface area (Å²) in [5.74, 6) is -2.42. The van der Waals surface area contributed by atoms with Gasteiger partial charge in [-0.15, -0.1) is 0 Å². The van der Waals surface area contributed by atoms with Crippen molar-refractivity contribution < 1.29 is 23.9 Å². The first kappa shape index (κ1) is 27.3. The van der Waals surface area contributed by atoms with Gasteiger partial charge in [-0.05, 0) is 41.0 Å². The number of amides is 1. The van der Waals surface area contributed by atoms with E-state index in [1.807, 2.05) is 103 Å². The lowest BCUT2D eigenvalue weighted by Crippen LogP contribution is -2.59. The summed E-state index contributed by atoms with van der Waals surface area (Å²) in [7, 11) is 0. The van der Waals surface area contributed by atoms with E-state index in [1.54, 1.807) is 12.1 Å². The quantitative estimate of drug-likeness (QED) is 0.172. The number of hydrogen-bond donors (Lipinski definition) is 0. The zero-order chi connectivity index (χ0) is 28.0. The number of esters is 2. The largest absolute Gasteiger partial charge is 0.460 e. The number of ether oxygens (including phenoxy) is 2. The maximum atomic E-state index is 14.2. The average molecular weight is 598 g/mol. The van der Waals surface area contributed by atoms with E-state index in [4.69, 9.17) is 9.47 Å². The summed E-state index contributed by atoms with van der Waals surface area (Å²) in [4.78, 5) is 43.4. The number of benzene rings is 4. The van der Waals surface area contributed by atoms with Crippen molar-refractivity contribution in [2.24, 2.45) is 5.41 Å². The Balaban J connectivity index is 1.57. The molecule has 0 aliphatic carbocycles. The molecule has 0 saturated carbocycles. The Kier molecular flexibility index (Phi) is 8.41. The number of rotatable bonds is 8. The average Bonchev–Trinajstić information content (AvgIpc) is 3.00. The van der Waals surface area contributed by atoms with Gasteiger partial charge < -0.3 is 14.4 Å². The summed E-state index contributed by atoms with van der Waals surface area (Å²) in [6, 6.07) is 34.9. The second-order valence-corrected chi connectivity index (χ2v) is 10.6. The molecule has 0 unspecified atom stereocenters. The van der Waals surface area contributed by atoms with Crippen LogP contribution in [-0.4, -0.2) is 24.4 Å². The van der Waals surface area contributed by atoms with Crippen molar-refractivity contribution in [2.45, 2.75) is 25.6 Å². The predicted octanol–water partition coefficient (Wildman–Crippen LogP) is 6.44. The Bertz CT molecular complexity index is 1400. The van der Waals surface area contributed by atoms with Gasteiger partial charge in [0, 0.05) is 22.5 Å². The van der Waals surface area contributed by atoms with Crippen molar-refractivity contribution in [1.29, 1.82) is 0 Å². The Labute approximate surface area is 241 Å². The molecule has 0 aromatic heterocycles. The highest BCUT2D eigenvalue weighted by molar-refractivity contribution is 9.10. The minimum absolute atomic E-state index is 0.0128. The molecule has 4 aromatic carbocycles. The van der Waals surface area contributed by atoms with Crippen LogP contribution in [0.15, 0.2) is 120 Å². The van der Waals surface area contributed by atoms with Crippen molar-refractivity contribution in [2.75, 3.05) is 11.4 Å². The molecule has 1 saturated heterocycles. The molecule has 0 N–H and O–H groups in total. The molecule has 0 radical (unpaired) electrons. The number of nitrogens with zero attached hydrogens (tertiary/aromatic N) is 1. The Hall–Kier alpha value is -4.23. The van der Waals surface area contributed by atoms with Gasteiger partial charge in [-0.2, -0.15) is 0 Å². The van der Waals surface area contributed by atoms with E-state index in [-0.39, 0.29) is 32.1 Å². The topological polar surface area (TPSA) is 72.9 Å². The van der Waals surface area contributed by atoms with Crippen LogP contribution in [0.4, 0.5) is 5.69 Å². The second kappa shape index (κ2) is 12.3. The molecule has 0 spiro atoms. The van der Waals surface area contributed by atoms with E-state index in [0.29, 0.717) is 11.3 Å². The van der Waals surface area contributed by atoms with Crippen LogP contribution < -0.4 is 4.90 Å². The summed E-state index contributed by atoms with van der Waals surface area (Å²) < 4.78 is 12.5. The molecule has 1 fully saturated rings. The first-order chi connectivity index (χ1) is 19.5. The zero-order valence-corrected chi connectivity index (χ0v) is 23.3. The van der Waals surface area contributed by atoms with Crippen LogP contribution in [0, 0.1) is 5.41 Å². The first-order valence-corrected chi connectivity index (χ1v) is 13.8. The van der Waals surface area contributed by atoms with E-state index >= 15 is 0 Å². The molecule has 1 aliphatic rings. The fourth-order valence-electron chi connectivity index (χ4n) is 5.05. The van der Waals surface area contributed by atoms with Gasteiger partial charge in [0.15, 0.2) is 5.41 Å². The van der Waals surface area contributed by atoms with Crippen molar-refractivity contribution >= 4 is 39.5 Å². The molecule has 1 atom stereocenters. The number of halogens is 1. The maximum Gasteiger partial charge on any atom is 0.326 e. The molecule has 7 heteroatoms. The monoisotopic (exact) mass is 597 g/mol. The van der Waals surface area contributed by atoms with E-state index in [1.165, 1.54) is 4.90 Å². The molecule has 40 heavy (non-hydrogen) atoms. The second-order valence-electron chi connectivity index (χ2n) is 9.72. The van der Waals surface area contributed by atoms with Gasteiger partial charge >= 0.3 is 11.9 Å². The third kappa shape index (κ3) is 5.84. The van der Waals surface area contributed by atoms with Gasteiger partial charge in [0.05, 0.1) is 6.54 Å². The van der Waals surface area contributed by atoms with Crippen LogP contribution in [0.3, 0.4) is 0 Å². The normalized spacial score (nSPS) is 16.3. The Morgan fingerprint density at radius 1 is 0.725 bits per heavy atom. The van der Waals surface area contributed by atoms with Gasteiger partial charge in [0.2, 0.25) is 5.91 Å². The molecular weight excluding hydrogens is 570 g/mol. The molecule has 4 aromatic rings. The standard InChI is InChI=1S/C33H28BrNO5/c34-27-16-18-28(19-17-27)35-23-33(31(37)39-21-24-10-4-1-5-11-24,32(38)40-22-25-12-6-2-7-13-25)29(20-30(35)36)26-14-8-3-9-15-26/h1-19,29H,20-23H2/t29-/m1/s1. The SMILES string of the molecule is O=C1C[C@H](c2ccccc2)C(C(=O)OCc2ccccc2)(C(=O)OCc2ccccc2)CN1c1ccc(Br)cc1. The smallest absolute Gasteiger partial charge is 0.326 e. The molecule has 5 rings (SSSR count).